The fraction of sp³-hybridized carbons (Fsp3) is 0.680. The van der Waals surface area contributed by atoms with Crippen molar-refractivity contribution in [1.82, 2.24) is 10.1 Å². The molecule has 1 aliphatic heterocycles. The van der Waals surface area contributed by atoms with Crippen LogP contribution >= 0.6 is 0 Å². The normalized spacial score (nSPS) is 17.8. The lowest BCUT2D eigenvalue weighted by Gasteiger charge is -2.39. The maximum absolute atomic E-state index is 13.7. The largest absolute Gasteiger partial charge is 0.467 e. The van der Waals surface area contributed by atoms with E-state index in [0.29, 0.717) is 39.3 Å². The predicted octanol–water partition coefficient (Wildman–Crippen LogP) is 3.16. The van der Waals surface area contributed by atoms with Crippen molar-refractivity contribution >= 4 is 11.9 Å². The molecule has 0 aliphatic carbocycles. The van der Waals surface area contributed by atoms with Gasteiger partial charge in [-0.2, -0.15) is 5.06 Å². The van der Waals surface area contributed by atoms with E-state index in [2.05, 4.69) is 12.1 Å². The molecule has 0 spiro atoms. The lowest BCUT2D eigenvalue weighted by molar-refractivity contribution is -0.235. The number of carbonyl (C=O) groups excluding carboxylic acids is 2. The van der Waals surface area contributed by atoms with Crippen LogP contribution in [0.4, 0.5) is 0 Å². The van der Waals surface area contributed by atoms with E-state index in [1.165, 1.54) is 12.2 Å². The first kappa shape index (κ1) is 27.2. The summed E-state index contributed by atoms with van der Waals surface area (Å²) in [4.78, 5) is 38.1. The summed E-state index contributed by atoms with van der Waals surface area (Å²) in [6.07, 6.45) is 1.29. The Hall–Kier alpha value is -2.00. The van der Waals surface area contributed by atoms with Gasteiger partial charge in [-0.05, 0) is 57.2 Å². The molecule has 0 radical (unpaired) electrons. The molecule has 8 heteroatoms. The highest BCUT2D eigenvalue weighted by Gasteiger charge is 2.45. The van der Waals surface area contributed by atoms with Crippen molar-refractivity contribution in [3.8, 4) is 0 Å². The average molecular weight is 465 g/mol. The molecule has 8 nitrogen and oxygen atoms in total. The number of nitrogens with zero attached hydrogens (tertiary/aromatic N) is 2. The summed E-state index contributed by atoms with van der Waals surface area (Å²) >= 11 is 0. The van der Waals surface area contributed by atoms with E-state index in [0.717, 1.165) is 28.7 Å². The monoisotopic (exact) mass is 464 g/mol. The number of benzene rings is 1. The van der Waals surface area contributed by atoms with Gasteiger partial charge in [0.1, 0.15) is 0 Å². The lowest BCUT2D eigenvalue weighted by atomic mass is 9.94. The molecule has 0 bridgehead atoms. The Bertz CT molecular complexity index is 781. The Morgan fingerprint density at radius 1 is 1.18 bits per heavy atom. The molecule has 1 saturated heterocycles. The van der Waals surface area contributed by atoms with Crippen LogP contribution in [0.1, 0.15) is 48.9 Å². The zero-order valence-electron chi connectivity index (χ0n) is 21.2. The third-order valence-corrected chi connectivity index (χ3v) is 6.39. The van der Waals surface area contributed by atoms with E-state index in [4.69, 9.17) is 19.1 Å². The van der Waals surface area contributed by atoms with E-state index in [1.54, 1.807) is 19.1 Å². The fourth-order valence-corrected chi connectivity index (χ4v) is 4.32. The SMILES string of the molecule is CCN(CCC(C)(C(=O)OC)N(OCC1CCOC1)C(=O)Cc1c(C)cc(C)cc1C)OC. The van der Waals surface area contributed by atoms with Gasteiger partial charge in [-0.1, -0.05) is 24.6 Å². The van der Waals surface area contributed by atoms with Crippen molar-refractivity contribution in [2.75, 3.05) is 47.1 Å². The summed E-state index contributed by atoms with van der Waals surface area (Å²) < 4.78 is 10.6. The fourth-order valence-electron chi connectivity index (χ4n) is 4.32. The van der Waals surface area contributed by atoms with Crippen molar-refractivity contribution in [3.63, 3.8) is 0 Å². The number of esters is 1. The van der Waals surface area contributed by atoms with Crippen LogP contribution in [0.25, 0.3) is 0 Å². The van der Waals surface area contributed by atoms with Crippen molar-refractivity contribution in [2.24, 2.45) is 5.92 Å². The molecule has 186 valence electrons. The van der Waals surface area contributed by atoms with E-state index in [9.17, 15) is 9.59 Å². The zero-order valence-corrected chi connectivity index (χ0v) is 21.2. The summed E-state index contributed by atoms with van der Waals surface area (Å²) in [5.74, 6) is -0.628. The molecule has 0 saturated carbocycles. The number of ether oxygens (including phenoxy) is 2. The van der Waals surface area contributed by atoms with Crippen LogP contribution in [0.3, 0.4) is 0 Å². The molecule has 2 unspecified atom stereocenters. The molecular formula is C25H40N2O6. The molecule has 2 atom stereocenters. The first-order valence-electron chi connectivity index (χ1n) is 11.6. The number of rotatable bonds is 12. The minimum Gasteiger partial charge on any atom is -0.467 e. The van der Waals surface area contributed by atoms with Gasteiger partial charge in [0.2, 0.25) is 0 Å². The Morgan fingerprint density at radius 2 is 1.85 bits per heavy atom. The van der Waals surface area contributed by atoms with Crippen molar-refractivity contribution < 1.29 is 28.7 Å². The number of hydrogen-bond acceptors (Lipinski definition) is 7. The summed E-state index contributed by atoms with van der Waals surface area (Å²) in [6.45, 7) is 12.3. The van der Waals surface area contributed by atoms with Crippen molar-refractivity contribution in [1.29, 1.82) is 0 Å². The van der Waals surface area contributed by atoms with E-state index >= 15 is 0 Å². The molecule has 1 aromatic rings. The lowest BCUT2D eigenvalue weighted by Crippen LogP contribution is -2.57. The van der Waals surface area contributed by atoms with E-state index < -0.39 is 11.5 Å². The average Bonchev–Trinajstić information content (AvgIpc) is 3.30. The van der Waals surface area contributed by atoms with Crippen LogP contribution in [0.15, 0.2) is 12.1 Å². The van der Waals surface area contributed by atoms with Crippen LogP contribution in [-0.2, 0) is 35.2 Å². The van der Waals surface area contributed by atoms with Gasteiger partial charge in [0.05, 0.1) is 33.9 Å². The Morgan fingerprint density at radius 3 is 2.36 bits per heavy atom. The minimum absolute atomic E-state index is 0.132. The van der Waals surface area contributed by atoms with Crippen molar-refractivity contribution in [2.45, 2.75) is 59.4 Å². The number of hydroxylamine groups is 4. The predicted molar refractivity (Wildman–Crippen MR) is 125 cm³/mol. The van der Waals surface area contributed by atoms with Gasteiger partial charge in [-0.3, -0.25) is 9.63 Å². The second kappa shape index (κ2) is 12.5. The molecule has 2 rings (SSSR count). The number of amides is 1. The minimum atomic E-state index is -1.32. The highest BCUT2D eigenvalue weighted by Crippen LogP contribution is 2.27. The van der Waals surface area contributed by atoms with Gasteiger partial charge in [0.25, 0.3) is 5.91 Å². The number of methoxy groups -OCH3 is 1. The first-order chi connectivity index (χ1) is 15.7. The standard InChI is InChI=1S/C25H40N2O6/c1-8-26(31-7)11-10-25(5,24(29)30-6)27(33-17-21-9-12-32-16-21)23(28)15-22-19(3)13-18(2)14-20(22)4/h13-14,21H,8-12,15-17H2,1-7H3. The van der Waals surface area contributed by atoms with Gasteiger partial charge in [0, 0.05) is 25.6 Å². The number of hydrogen-bond donors (Lipinski definition) is 0. The van der Waals surface area contributed by atoms with Gasteiger partial charge >= 0.3 is 5.97 Å². The molecule has 1 aliphatic rings. The van der Waals surface area contributed by atoms with Gasteiger partial charge in [-0.25, -0.2) is 9.86 Å². The number of carbonyl (C=O) groups is 2. The van der Waals surface area contributed by atoms with Crippen LogP contribution in [0, 0.1) is 26.7 Å². The third kappa shape index (κ3) is 6.99. The van der Waals surface area contributed by atoms with E-state index in [-0.39, 0.29) is 18.2 Å². The smallest absolute Gasteiger partial charge is 0.334 e. The summed E-state index contributed by atoms with van der Waals surface area (Å²) in [5.41, 5.74) is 2.86. The molecule has 1 amide bonds. The van der Waals surface area contributed by atoms with Crippen LogP contribution in [0.5, 0.6) is 0 Å². The maximum Gasteiger partial charge on any atom is 0.334 e. The Labute approximate surface area is 198 Å². The molecule has 1 aromatic carbocycles. The second-order valence-electron chi connectivity index (χ2n) is 8.99. The highest BCUT2D eigenvalue weighted by atomic mass is 16.7. The van der Waals surface area contributed by atoms with Crippen LogP contribution in [-0.4, -0.2) is 74.7 Å². The Kier molecular flexibility index (Phi) is 10.3. The maximum atomic E-state index is 13.7. The van der Waals surface area contributed by atoms with Crippen molar-refractivity contribution in [3.05, 3.63) is 34.4 Å². The summed E-state index contributed by atoms with van der Waals surface area (Å²) in [7, 11) is 2.91. The second-order valence-corrected chi connectivity index (χ2v) is 8.99. The summed E-state index contributed by atoms with van der Waals surface area (Å²) in [5, 5.41) is 2.97. The molecule has 1 heterocycles. The summed E-state index contributed by atoms with van der Waals surface area (Å²) in [6, 6.07) is 4.13. The quantitative estimate of drug-likeness (QED) is 0.347. The highest BCUT2D eigenvalue weighted by molar-refractivity contribution is 5.88. The van der Waals surface area contributed by atoms with Gasteiger partial charge in [-0.15, -0.1) is 0 Å². The van der Waals surface area contributed by atoms with E-state index in [1.807, 2.05) is 27.7 Å². The van der Waals surface area contributed by atoms with Crippen LogP contribution < -0.4 is 0 Å². The molecule has 0 aromatic heterocycles. The van der Waals surface area contributed by atoms with Gasteiger partial charge < -0.3 is 14.3 Å². The number of aryl methyl sites for hydroxylation is 3. The molecule has 1 fully saturated rings. The third-order valence-electron chi connectivity index (χ3n) is 6.39. The Balaban J connectivity index is 2.35. The molecular weight excluding hydrogens is 424 g/mol. The molecule has 0 N–H and O–H groups in total. The zero-order chi connectivity index (χ0) is 24.6. The first-order valence-corrected chi connectivity index (χ1v) is 11.6. The topological polar surface area (TPSA) is 77.5 Å². The van der Waals surface area contributed by atoms with Crippen LogP contribution in [0.2, 0.25) is 0 Å². The molecule has 33 heavy (non-hydrogen) atoms. The van der Waals surface area contributed by atoms with Gasteiger partial charge in [0.15, 0.2) is 5.54 Å².